The summed E-state index contributed by atoms with van der Waals surface area (Å²) in [7, 11) is -3.77. The number of thiazole rings is 1. The van der Waals surface area contributed by atoms with Crippen LogP contribution in [0.25, 0.3) is 10.2 Å². The Balaban J connectivity index is 1.93. The zero-order valence-corrected chi connectivity index (χ0v) is 13.6. The van der Waals surface area contributed by atoms with Gasteiger partial charge in [-0.3, -0.25) is 4.79 Å². The summed E-state index contributed by atoms with van der Waals surface area (Å²) >= 11 is 6.91. The minimum Gasteiger partial charge on any atom is -0.293 e. The Morgan fingerprint density at radius 1 is 1.14 bits per heavy atom. The number of carbonyl (C=O) groups is 1. The Kier molecular flexibility index (Phi) is 3.99. The van der Waals surface area contributed by atoms with Gasteiger partial charge in [0, 0.05) is 10.6 Å². The van der Waals surface area contributed by atoms with Crippen LogP contribution < -0.4 is 0 Å². The molecule has 0 aliphatic rings. The summed E-state index contributed by atoms with van der Waals surface area (Å²) in [4.78, 5) is 16.2. The third kappa shape index (κ3) is 3.04. The summed E-state index contributed by atoms with van der Waals surface area (Å²) in [5.41, 5.74) is 0.887. The molecule has 0 saturated heterocycles. The smallest absolute Gasteiger partial charge is 0.212 e. The monoisotopic (exact) mass is 351 g/mol. The first-order chi connectivity index (χ1) is 10.5. The fourth-order valence-corrected chi connectivity index (χ4v) is 4.62. The van der Waals surface area contributed by atoms with Crippen molar-refractivity contribution in [3.8, 4) is 0 Å². The van der Waals surface area contributed by atoms with Crippen molar-refractivity contribution in [2.24, 2.45) is 0 Å². The minimum atomic E-state index is -3.77. The first kappa shape index (κ1) is 15.1. The molecule has 0 atom stereocenters. The number of aromatic nitrogens is 1. The molecule has 0 aliphatic heterocycles. The van der Waals surface area contributed by atoms with E-state index in [0.29, 0.717) is 16.1 Å². The normalized spacial score (nSPS) is 11.7. The lowest BCUT2D eigenvalue weighted by molar-refractivity contribution is 0.102. The fourth-order valence-electron chi connectivity index (χ4n) is 1.95. The van der Waals surface area contributed by atoms with Gasteiger partial charge in [0.2, 0.25) is 14.2 Å². The van der Waals surface area contributed by atoms with Crippen LogP contribution in [0.2, 0.25) is 5.02 Å². The molecule has 3 rings (SSSR count). The predicted molar refractivity (Wildman–Crippen MR) is 87.5 cm³/mol. The van der Waals surface area contributed by atoms with E-state index in [1.807, 2.05) is 0 Å². The molecule has 0 amide bonds. The largest absolute Gasteiger partial charge is 0.293 e. The molecule has 0 aliphatic carbocycles. The Morgan fingerprint density at radius 2 is 1.86 bits per heavy atom. The van der Waals surface area contributed by atoms with Crippen molar-refractivity contribution in [3.63, 3.8) is 0 Å². The minimum absolute atomic E-state index is 0.0611. The molecule has 4 nitrogen and oxygen atoms in total. The van der Waals surface area contributed by atoms with Crippen molar-refractivity contribution < 1.29 is 13.2 Å². The highest BCUT2D eigenvalue weighted by Gasteiger charge is 2.24. The molecule has 0 spiro atoms. The molecule has 0 fully saturated rings. The number of ketones is 1. The zero-order valence-electron chi connectivity index (χ0n) is 11.2. The molecular formula is C15H10ClNO3S2. The molecule has 0 bridgehead atoms. The summed E-state index contributed by atoms with van der Waals surface area (Å²) < 4.78 is 25.4. The van der Waals surface area contributed by atoms with E-state index in [1.54, 1.807) is 48.5 Å². The number of halogens is 1. The molecule has 7 heteroatoms. The quantitative estimate of drug-likeness (QED) is 0.673. The average molecular weight is 352 g/mol. The molecule has 0 N–H and O–H groups in total. The van der Waals surface area contributed by atoms with E-state index in [1.165, 1.54) is 0 Å². The predicted octanol–water partition coefficient (Wildman–Crippen LogP) is 3.61. The van der Waals surface area contributed by atoms with Gasteiger partial charge in [-0.25, -0.2) is 13.4 Å². The van der Waals surface area contributed by atoms with Crippen LogP contribution in [0.4, 0.5) is 0 Å². The van der Waals surface area contributed by atoms with E-state index >= 15 is 0 Å². The summed E-state index contributed by atoms with van der Waals surface area (Å²) in [5.74, 6) is -1.04. The van der Waals surface area contributed by atoms with Gasteiger partial charge in [0.15, 0.2) is 5.78 Å². The Labute approximate surface area is 136 Å². The molecule has 22 heavy (non-hydrogen) atoms. The van der Waals surface area contributed by atoms with Gasteiger partial charge in [-0.1, -0.05) is 41.9 Å². The van der Waals surface area contributed by atoms with Gasteiger partial charge in [-0.15, -0.1) is 11.3 Å². The van der Waals surface area contributed by atoms with E-state index in [2.05, 4.69) is 4.98 Å². The maximum absolute atomic E-state index is 12.4. The second-order valence-corrected chi connectivity index (χ2v) is 8.27. The lowest BCUT2D eigenvalue weighted by atomic mass is 10.2. The van der Waals surface area contributed by atoms with Crippen LogP contribution in [0.5, 0.6) is 0 Å². The highest BCUT2D eigenvalue weighted by molar-refractivity contribution is 7.94. The third-order valence-corrected chi connectivity index (χ3v) is 6.36. The van der Waals surface area contributed by atoms with Gasteiger partial charge < -0.3 is 0 Å². The number of hydrogen-bond acceptors (Lipinski definition) is 5. The lowest BCUT2D eigenvalue weighted by Gasteiger charge is -2.00. The van der Waals surface area contributed by atoms with E-state index < -0.39 is 21.4 Å². The number of carbonyl (C=O) groups excluding carboxylic acids is 1. The van der Waals surface area contributed by atoms with E-state index in [0.717, 1.165) is 16.0 Å². The highest BCUT2D eigenvalue weighted by Crippen LogP contribution is 2.28. The van der Waals surface area contributed by atoms with E-state index in [4.69, 9.17) is 11.6 Å². The van der Waals surface area contributed by atoms with Crippen molar-refractivity contribution in [2.75, 3.05) is 5.75 Å². The van der Waals surface area contributed by atoms with Gasteiger partial charge in [0.05, 0.1) is 10.2 Å². The molecule has 0 radical (unpaired) electrons. The van der Waals surface area contributed by atoms with Crippen LogP contribution in [-0.4, -0.2) is 24.9 Å². The van der Waals surface area contributed by atoms with Crippen LogP contribution in [0.15, 0.2) is 52.9 Å². The first-order valence-corrected chi connectivity index (χ1v) is 9.17. The number of hydrogen-bond donors (Lipinski definition) is 0. The van der Waals surface area contributed by atoms with Crippen LogP contribution in [0, 0.1) is 0 Å². The number of nitrogens with zero attached hydrogens (tertiary/aromatic N) is 1. The lowest BCUT2D eigenvalue weighted by Crippen LogP contribution is -2.16. The van der Waals surface area contributed by atoms with Crippen molar-refractivity contribution >= 4 is 48.8 Å². The molecule has 1 aromatic heterocycles. The first-order valence-electron chi connectivity index (χ1n) is 6.33. The van der Waals surface area contributed by atoms with Crippen molar-refractivity contribution in [3.05, 3.63) is 59.1 Å². The topological polar surface area (TPSA) is 64.1 Å². The van der Waals surface area contributed by atoms with E-state index in [9.17, 15) is 13.2 Å². The summed E-state index contributed by atoms with van der Waals surface area (Å²) in [6.45, 7) is 0. The average Bonchev–Trinajstić information content (AvgIpc) is 2.91. The van der Waals surface area contributed by atoms with Crippen molar-refractivity contribution in [2.45, 2.75) is 4.34 Å². The molecule has 0 unspecified atom stereocenters. The second kappa shape index (κ2) is 5.79. The maximum atomic E-state index is 12.4. The van der Waals surface area contributed by atoms with Gasteiger partial charge >= 0.3 is 0 Å². The Hall–Kier alpha value is -1.76. The number of Topliss-reactive ketones (excluding diaryl/α,β-unsaturated/α-hetero) is 1. The molecule has 0 saturated carbocycles. The van der Waals surface area contributed by atoms with Crippen LogP contribution in [0.3, 0.4) is 0 Å². The maximum Gasteiger partial charge on any atom is 0.212 e. The summed E-state index contributed by atoms with van der Waals surface area (Å²) in [5, 5.41) is 0.488. The fraction of sp³-hybridized carbons (Fsp3) is 0.0667. The van der Waals surface area contributed by atoms with Gasteiger partial charge in [0.1, 0.15) is 5.75 Å². The molecule has 112 valence electrons. The highest BCUT2D eigenvalue weighted by atomic mass is 35.5. The van der Waals surface area contributed by atoms with Crippen molar-refractivity contribution in [1.82, 2.24) is 4.98 Å². The van der Waals surface area contributed by atoms with Gasteiger partial charge in [0.25, 0.3) is 0 Å². The molecular weight excluding hydrogens is 342 g/mol. The Bertz CT molecular complexity index is 949. The number of benzene rings is 2. The van der Waals surface area contributed by atoms with Crippen LogP contribution in [0.1, 0.15) is 10.4 Å². The van der Waals surface area contributed by atoms with Crippen LogP contribution in [-0.2, 0) is 9.84 Å². The third-order valence-electron chi connectivity index (χ3n) is 3.01. The molecule has 2 aromatic carbocycles. The van der Waals surface area contributed by atoms with Gasteiger partial charge in [-0.2, -0.15) is 0 Å². The summed E-state index contributed by atoms with van der Waals surface area (Å²) in [6, 6.07) is 13.3. The van der Waals surface area contributed by atoms with Crippen molar-refractivity contribution in [1.29, 1.82) is 0 Å². The Morgan fingerprint density at radius 3 is 2.59 bits per heavy atom. The van der Waals surface area contributed by atoms with Crippen LogP contribution >= 0.6 is 22.9 Å². The number of fused-ring (bicyclic) bond motifs is 1. The summed E-state index contributed by atoms with van der Waals surface area (Å²) in [6.07, 6.45) is 0. The second-order valence-electron chi connectivity index (χ2n) is 4.64. The SMILES string of the molecule is O=C(CS(=O)(=O)c1nc2cc(Cl)ccc2s1)c1ccccc1. The number of sulfone groups is 1. The number of rotatable bonds is 4. The standard InChI is InChI=1S/C15H10ClNO3S2/c16-11-6-7-14-12(8-11)17-15(21-14)22(19,20)9-13(18)10-4-2-1-3-5-10/h1-8H,9H2. The van der Waals surface area contributed by atoms with E-state index in [-0.39, 0.29) is 4.34 Å². The molecule has 1 heterocycles. The zero-order chi connectivity index (χ0) is 15.7. The molecule has 3 aromatic rings. The van der Waals surface area contributed by atoms with Gasteiger partial charge in [-0.05, 0) is 18.2 Å².